The fraction of sp³-hybridized carbons (Fsp3) is 0.667. The van der Waals surface area contributed by atoms with E-state index in [1.807, 2.05) is 4.90 Å². The number of piperidine rings is 1. The van der Waals surface area contributed by atoms with Gasteiger partial charge < -0.3 is 15.4 Å². The van der Waals surface area contributed by atoms with E-state index in [2.05, 4.69) is 0 Å². The molecule has 0 radical (unpaired) electrons. The van der Waals surface area contributed by atoms with E-state index < -0.39 is 11.7 Å². The largest absolute Gasteiger partial charge is 0.416 e. The van der Waals surface area contributed by atoms with E-state index in [9.17, 15) is 18.0 Å². The Bertz CT molecular complexity index is 672. The van der Waals surface area contributed by atoms with Crippen molar-refractivity contribution in [3.8, 4) is 0 Å². The molecule has 0 bridgehead atoms. The van der Waals surface area contributed by atoms with Crippen LogP contribution in [-0.4, -0.2) is 42.1 Å². The molecular weight excluding hydrogens is 369 g/mol. The number of nitrogens with two attached hydrogens (primary N) is 1. The third-order valence-corrected chi connectivity index (χ3v) is 6.10. The topological polar surface area (TPSA) is 55.6 Å². The maximum atomic E-state index is 12.9. The van der Waals surface area contributed by atoms with Gasteiger partial charge in [-0.2, -0.15) is 13.2 Å². The Morgan fingerprint density at radius 3 is 2.57 bits per heavy atom. The van der Waals surface area contributed by atoms with Crippen molar-refractivity contribution < 1.29 is 22.7 Å². The summed E-state index contributed by atoms with van der Waals surface area (Å²) in [6, 6.07) is 5.50. The van der Waals surface area contributed by atoms with Crippen LogP contribution in [0.2, 0.25) is 0 Å². The Labute approximate surface area is 164 Å². The van der Waals surface area contributed by atoms with Crippen molar-refractivity contribution in [1.82, 2.24) is 4.90 Å². The molecule has 28 heavy (non-hydrogen) atoms. The van der Waals surface area contributed by atoms with E-state index >= 15 is 0 Å². The summed E-state index contributed by atoms with van der Waals surface area (Å²) in [5, 5.41) is 0. The Balaban J connectivity index is 1.52. The SMILES string of the molecule is CC(=O)N1CCC[C@H](N)[C@@H]1CO[C@H]1CC[C@@H](c2cccc(C(F)(F)F)c2)CC1. The van der Waals surface area contributed by atoms with Crippen LogP contribution in [0.25, 0.3) is 0 Å². The van der Waals surface area contributed by atoms with Gasteiger partial charge in [-0.1, -0.05) is 18.2 Å². The molecule has 0 aromatic heterocycles. The number of alkyl halides is 3. The molecule has 156 valence electrons. The minimum atomic E-state index is -4.31. The quantitative estimate of drug-likeness (QED) is 0.831. The Morgan fingerprint density at radius 1 is 1.21 bits per heavy atom. The molecule has 1 aromatic carbocycles. The molecule has 2 N–H and O–H groups in total. The van der Waals surface area contributed by atoms with E-state index in [-0.39, 0.29) is 30.0 Å². The molecule has 1 saturated carbocycles. The van der Waals surface area contributed by atoms with Crippen molar-refractivity contribution in [3.63, 3.8) is 0 Å². The smallest absolute Gasteiger partial charge is 0.376 e. The van der Waals surface area contributed by atoms with Gasteiger partial charge in [0, 0.05) is 19.5 Å². The molecule has 7 heteroatoms. The second-order valence-electron chi connectivity index (χ2n) is 8.02. The normalized spacial score (nSPS) is 29.0. The van der Waals surface area contributed by atoms with Crippen LogP contribution in [0.3, 0.4) is 0 Å². The second kappa shape index (κ2) is 8.82. The molecule has 1 aliphatic heterocycles. The number of hydrogen-bond donors (Lipinski definition) is 1. The highest BCUT2D eigenvalue weighted by Crippen LogP contribution is 2.37. The summed E-state index contributed by atoms with van der Waals surface area (Å²) in [6.07, 6.45) is 0.798. The number of amides is 1. The molecule has 4 nitrogen and oxygen atoms in total. The van der Waals surface area contributed by atoms with E-state index in [1.54, 1.807) is 13.0 Å². The van der Waals surface area contributed by atoms with Crippen molar-refractivity contribution in [3.05, 3.63) is 35.4 Å². The van der Waals surface area contributed by atoms with Crippen LogP contribution in [0.1, 0.15) is 62.5 Å². The first kappa shape index (κ1) is 21.1. The Morgan fingerprint density at radius 2 is 1.93 bits per heavy atom. The van der Waals surface area contributed by atoms with Gasteiger partial charge >= 0.3 is 6.18 Å². The fourth-order valence-corrected chi connectivity index (χ4v) is 4.46. The molecule has 0 spiro atoms. The number of carbonyl (C=O) groups is 1. The predicted octanol–water partition coefficient (Wildman–Crippen LogP) is 4.09. The Kier molecular flexibility index (Phi) is 6.65. The summed E-state index contributed by atoms with van der Waals surface area (Å²) < 4.78 is 44.9. The maximum absolute atomic E-state index is 12.9. The first-order valence-corrected chi connectivity index (χ1v) is 10.1. The molecule has 1 heterocycles. The van der Waals surface area contributed by atoms with Gasteiger partial charge in [-0.25, -0.2) is 0 Å². The third kappa shape index (κ3) is 5.06. The lowest BCUT2D eigenvalue weighted by Crippen LogP contribution is -2.56. The van der Waals surface area contributed by atoms with Crippen molar-refractivity contribution in [1.29, 1.82) is 0 Å². The van der Waals surface area contributed by atoms with Gasteiger partial charge in [0.25, 0.3) is 0 Å². The lowest BCUT2D eigenvalue weighted by atomic mass is 9.82. The Hall–Kier alpha value is -1.60. The molecule has 2 aliphatic rings. The van der Waals surface area contributed by atoms with Crippen LogP contribution >= 0.6 is 0 Å². The zero-order valence-corrected chi connectivity index (χ0v) is 16.3. The minimum absolute atomic E-state index is 0.0250. The van der Waals surface area contributed by atoms with E-state index in [0.717, 1.165) is 56.7 Å². The first-order valence-electron chi connectivity index (χ1n) is 10.1. The van der Waals surface area contributed by atoms with Crippen molar-refractivity contribution in [2.75, 3.05) is 13.2 Å². The molecule has 2 atom stereocenters. The van der Waals surface area contributed by atoms with Crippen molar-refractivity contribution in [2.45, 2.75) is 75.7 Å². The number of halogens is 3. The number of benzene rings is 1. The first-order chi connectivity index (χ1) is 13.3. The molecule has 0 unspecified atom stereocenters. The highest BCUT2D eigenvalue weighted by Gasteiger charge is 2.33. The predicted molar refractivity (Wildman–Crippen MR) is 101 cm³/mol. The van der Waals surface area contributed by atoms with Gasteiger partial charge in [-0.05, 0) is 56.1 Å². The van der Waals surface area contributed by atoms with E-state index in [4.69, 9.17) is 10.5 Å². The summed E-state index contributed by atoms with van der Waals surface area (Å²) in [5.74, 6) is 0.157. The number of hydrogen-bond acceptors (Lipinski definition) is 3. The minimum Gasteiger partial charge on any atom is -0.376 e. The molecule has 2 fully saturated rings. The second-order valence-corrected chi connectivity index (χ2v) is 8.02. The standard InChI is InChI=1S/C21H29F3N2O2/c1-14(27)26-11-3-6-19(25)20(26)13-28-18-9-7-15(8-10-18)16-4-2-5-17(12-16)21(22,23)24/h2,4-5,12,15,18-20H,3,6-11,13,25H2,1H3/t15-,18+,19-,20-/m0/s1. The van der Waals surface area contributed by atoms with E-state index in [0.29, 0.717) is 6.61 Å². The fourth-order valence-electron chi connectivity index (χ4n) is 4.46. The third-order valence-electron chi connectivity index (χ3n) is 6.10. The van der Waals surface area contributed by atoms with Gasteiger partial charge in [-0.15, -0.1) is 0 Å². The van der Waals surface area contributed by atoms with Gasteiger partial charge in [0.2, 0.25) is 5.91 Å². The summed E-state index contributed by atoms with van der Waals surface area (Å²) in [6.45, 7) is 2.71. The zero-order chi connectivity index (χ0) is 20.3. The summed E-state index contributed by atoms with van der Waals surface area (Å²) in [4.78, 5) is 13.6. The zero-order valence-electron chi connectivity index (χ0n) is 16.3. The van der Waals surface area contributed by atoms with Crippen LogP contribution < -0.4 is 5.73 Å². The number of carbonyl (C=O) groups excluding carboxylic acids is 1. The van der Waals surface area contributed by atoms with Gasteiger partial charge in [0.15, 0.2) is 0 Å². The van der Waals surface area contributed by atoms with Crippen molar-refractivity contribution in [2.24, 2.45) is 5.73 Å². The van der Waals surface area contributed by atoms with Crippen LogP contribution in [-0.2, 0) is 15.7 Å². The average Bonchev–Trinajstić information content (AvgIpc) is 2.66. The van der Waals surface area contributed by atoms with Crippen LogP contribution in [0.15, 0.2) is 24.3 Å². The number of likely N-dealkylation sites (tertiary alicyclic amines) is 1. The molecule has 1 aromatic rings. The van der Waals surface area contributed by atoms with Crippen molar-refractivity contribution >= 4 is 5.91 Å². The molecule has 3 rings (SSSR count). The molecule has 1 aliphatic carbocycles. The summed E-state index contributed by atoms with van der Waals surface area (Å²) >= 11 is 0. The molecule has 1 amide bonds. The molecule has 1 saturated heterocycles. The number of ether oxygens (including phenoxy) is 1. The van der Waals surface area contributed by atoms with Gasteiger partial charge in [0.1, 0.15) is 0 Å². The molecular formula is C21H29F3N2O2. The monoisotopic (exact) mass is 398 g/mol. The van der Waals surface area contributed by atoms with Gasteiger partial charge in [-0.3, -0.25) is 4.79 Å². The lowest BCUT2D eigenvalue weighted by Gasteiger charge is -2.40. The highest BCUT2D eigenvalue weighted by molar-refractivity contribution is 5.73. The number of nitrogens with zero attached hydrogens (tertiary/aromatic N) is 1. The van der Waals surface area contributed by atoms with Crippen LogP contribution in [0.4, 0.5) is 13.2 Å². The van der Waals surface area contributed by atoms with Crippen LogP contribution in [0.5, 0.6) is 0 Å². The van der Waals surface area contributed by atoms with Gasteiger partial charge in [0.05, 0.1) is 24.3 Å². The summed E-state index contributed by atoms with van der Waals surface area (Å²) in [7, 11) is 0. The summed E-state index contributed by atoms with van der Waals surface area (Å²) in [5.41, 5.74) is 6.37. The van der Waals surface area contributed by atoms with E-state index in [1.165, 1.54) is 12.1 Å². The number of rotatable bonds is 4. The van der Waals surface area contributed by atoms with Crippen LogP contribution in [0, 0.1) is 0 Å². The maximum Gasteiger partial charge on any atom is 0.416 e. The highest BCUT2D eigenvalue weighted by atomic mass is 19.4. The average molecular weight is 398 g/mol. The lowest BCUT2D eigenvalue weighted by molar-refractivity contribution is -0.137.